The summed E-state index contributed by atoms with van der Waals surface area (Å²) in [5.74, 6) is 1.62. The lowest BCUT2D eigenvalue weighted by molar-refractivity contribution is 0.0536. The molecule has 1 atom stereocenters. The number of likely N-dealkylation sites (tertiary alicyclic amines) is 1. The molecule has 140 valence electrons. The lowest BCUT2D eigenvalue weighted by atomic mass is 10.1. The molecule has 0 amide bonds. The first-order valence-electron chi connectivity index (χ1n) is 9.38. The lowest BCUT2D eigenvalue weighted by Gasteiger charge is -2.21. The Balaban J connectivity index is 1.81. The fourth-order valence-electron chi connectivity index (χ4n) is 3.14. The number of nitrogens with one attached hydrogen (secondary N) is 1. The maximum absolute atomic E-state index is 5.68. The molecular weight excluding hydrogens is 314 g/mol. The van der Waals surface area contributed by atoms with Crippen LogP contribution in [0.1, 0.15) is 24.5 Å². The Hall–Kier alpha value is -1.59. The van der Waals surface area contributed by atoms with Crippen molar-refractivity contribution >= 4 is 5.96 Å². The van der Waals surface area contributed by atoms with E-state index in [1.54, 1.807) is 7.11 Å². The second kappa shape index (κ2) is 11.1. The molecule has 2 rings (SSSR count). The Morgan fingerprint density at radius 2 is 2.24 bits per heavy atom. The normalized spacial score (nSPS) is 18.0. The van der Waals surface area contributed by atoms with Crippen molar-refractivity contribution in [2.24, 2.45) is 10.9 Å². The van der Waals surface area contributed by atoms with Crippen LogP contribution in [0.2, 0.25) is 0 Å². The molecule has 1 unspecified atom stereocenters. The predicted molar refractivity (Wildman–Crippen MR) is 103 cm³/mol. The summed E-state index contributed by atoms with van der Waals surface area (Å²) in [5, 5.41) is 3.43. The van der Waals surface area contributed by atoms with Gasteiger partial charge < -0.3 is 19.7 Å². The highest BCUT2D eigenvalue weighted by Gasteiger charge is 2.24. The number of aryl methyl sites for hydroxylation is 1. The first kappa shape index (κ1) is 19.7. The van der Waals surface area contributed by atoms with E-state index in [0.717, 1.165) is 51.6 Å². The summed E-state index contributed by atoms with van der Waals surface area (Å²) < 4.78 is 10.7. The van der Waals surface area contributed by atoms with Gasteiger partial charge in [-0.05, 0) is 32.3 Å². The fraction of sp³-hybridized carbons (Fsp3) is 0.650. The second-order valence-electron chi connectivity index (χ2n) is 6.64. The van der Waals surface area contributed by atoms with Crippen molar-refractivity contribution in [3.63, 3.8) is 0 Å². The van der Waals surface area contributed by atoms with E-state index in [-0.39, 0.29) is 0 Å². The number of hydrogen-bond donors (Lipinski definition) is 1. The number of ether oxygens (including phenoxy) is 2. The molecule has 0 spiro atoms. The van der Waals surface area contributed by atoms with Crippen LogP contribution in [0, 0.1) is 12.8 Å². The van der Waals surface area contributed by atoms with Gasteiger partial charge in [-0.2, -0.15) is 0 Å². The number of benzene rings is 1. The van der Waals surface area contributed by atoms with Gasteiger partial charge >= 0.3 is 0 Å². The standard InChI is InChI=1S/C20H33N3O2/c1-4-21-20(22-10-8-18-7-5-6-17(2)14-18)23-11-9-19(15-23)16-25-13-12-24-3/h5-7,14,19H,4,8-13,15-16H2,1-3H3,(H,21,22). The van der Waals surface area contributed by atoms with Crippen molar-refractivity contribution in [1.82, 2.24) is 10.2 Å². The Labute approximate surface area is 152 Å². The number of guanidine groups is 1. The molecule has 1 heterocycles. The van der Waals surface area contributed by atoms with Gasteiger partial charge in [0.25, 0.3) is 0 Å². The lowest BCUT2D eigenvalue weighted by Crippen LogP contribution is -2.40. The molecule has 5 nitrogen and oxygen atoms in total. The van der Waals surface area contributed by atoms with Gasteiger partial charge in [-0.1, -0.05) is 29.8 Å². The van der Waals surface area contributed by atoms with E-state index in [9.17, 15) is 0 Å². The van der Waals surface area contributed by atoms with E-state index >= 15 is 0 Å². The SMILES string of the molecule is CCNC(=NCCc1cccc(C)c1)N1CCC(COCCOC)C1. The summed E-state index contributed by atoms with van der Waals surface area (Å²) in [5.41, 5.74) is 2.66. The zero-order valence-electron chi connectivity index (χ0n) is 16.0. The summed E-state index contributed by atoms with van der Waals surface area (Å²) >= 11 is 0. The quantitative estimate of drug-likeness (QED) is 0.423. The largest absolute Gasteiger partial charge is 0.382 e. The van der Waals surface area contributed by atoms with Gasteiger partial charge in [0.1, 0.15) is 0 Å². The number of hydrogen-bond acceptors (Lipinski definition) is 3. The molecule has 25 heavy (non-hydrogen) atoms. The Bertz CT molecular complexity index is 533. The molecule has 1 N–H and O–H groups in total. The van der Waals surface area contributed by atoms with Crippen molar-refractivity contribution in [3.05, 3.63) is 35.4 Å². The van der Waals surface area contributed by atoms with Gasteiger partial charge in [-0.15, -0.1) is 0 Å². The van der Waals surface area contributed by atoms with Crippen molar-refractivity contribution in [3.8, 4) is 0 Å². The summed E-state index contributed by atoms with van der Waals surface area (Å²) in [7, 11) is 1.70. The third kappa shape index (κ3) is 7.04. The monoisotopic (exact) mass is 347 g/mol. The van der Waals surface area contributed by atoms with E-state index in [0.29, 0.717) is 19.1 Å². The van der Waals surface area contributed by atoms with Gasteiger partial charge in [0.2, 0.25) is 0 Å². The smallest absolute Gasteiger partial charge is 0.193 e. The van der Waals surface area contributed by atoms with Crippen molar-refractivity contribution in [1.29, 1.82) is 0 Å². The number of nitrogens with zero attached hydrogens (tertiary/aromatic N) is 2. The summed E-state index contributed by atoms with van der Waals surface area (Å²) in [6.07, 6.45) is 2.14. The minimum absolute atomic E-state index is 0.581. The molecule has 1 aromatic rings. The van der Waals surface area contributed by atoms with Crippen LogP contribution in [0.25, 0.3) is 0 Å². The van der Waals surface area contributed by atoms with Crippen LogP contribution in [0.3, 0.4) is 0 Å². The zero-order valence-corrected chi connectivity index (χ0v) is 16.0. The van der Waals surface area contributed by atoms with Gasteiger partial charge in [-0.3, -0.25) is 4.99 Å². The molecule has 0 saturated carbocycles. The predicted octanol–water partition coefficient (Wildman–Crippen LogP) is 2.49. The summed E-state index contributed by atoms with van der Waals surface area (Å²) in [4.78, 5) is 7.20. The number of aliphatic imine (C=N–C) groups is 1. The Morgan fingerprint density at radius 3 is 3.00 bits per heavy atom. The van der Waals surface area contributed by atoms with Crippen LogP contribution >= 0.6 is 0 Å². The van der Waals surface area contributed by atoms with Crippen LogP contribution < -0.4 is 5.32 Å². The van der Waals surface area contributed by atoms with E-state index in [1.807, 2.05) is 0 Å². The molecule has 0 aromatic heterocycles. The van der Waals surface area contributed by atoms with Gasteiger partial charge in [0, 0.05) is 39.2 Å². The Morgan fingerprint density at radius 1 is 1.36 bits per heavy atom. The highest BCUT2D eigenvalue weighted by molar-refractivity contribution is 5.80. The fourth-order valence-corrected chi connectivity index (χ4v) is 3.14. The highest BCUT2D eigenvalue weighted by Crippen LogP contribution is 2.16. The molecule has 1 aromatic carbocycles. The van der Waals surface area contributed by atoms with Crippen LogP contribution in [-0.2, 0) is 15.9 Å². The van der Waals surface area contributed by atoms with Crippen molar-refractivity contribution in [2.45, 2.75) is 26.7 Å². The maximum Gasteiger partial charge on any atom is 0.193 e. The van der Waals surface area contributed by atoms with Crippen LogP contribution in [-0.4, -0.2) is 64.0 Å². The van der Waals surface area contributed by atoms with E-state index in [4.69, 9.17) is 14.5 Å². The average Bonchev–Trinajstić information content (AvgIpc) is 3.07. The van der Waals surface area contributed by atoms with Gasteiger partial charge in [0.15, 0.2) is 5.96 Å². The van der Waals surface area contributed by atoms with Crippen molar-refractivity contribution < 1.29 is 9.47 Å². The molecular formula is C20H33N3O2. The molecule has 5 heteroatoms. The molecule has 1 saturated heterocycles. The third-order valence-electron chi connectivity index (χ3n) is 4.45. The van der Waals surface area contributed by atoms with E-state index in [2.05, 4.69) is 48.3 Å². The van der Waals surface area contributed by atoms with Gasteiger partial charge in [0.05, 0.1) is 19.8 Å². The highest BCUT2D eigenvalue weighted by atomic mass is 16.5. The molecule has 0 radical (unpaired) electrons. The van der Waals surface area contributed by atoms with E-state index in [1.165, 1.54) is 11.1 Å². The number of rotatable bonds is 9. The molecule has 0 aliphatic carbocycles. The molecule has 1 aliphatic heterocycles. The first-order chi connectivity index (χ1) is 12.2. The maximum atomic E-state index is 5.68. The van der Waals surface area contributed by atoms with Gasteiger partial charge in [-0.25, -0.2) is 0 Å². The van der Waals surface area contributed by atoms with E-state index < -0.39 is 0 Å². The van der Waals surface area contributed by atoms with Crippen LogP contribution in [0.15, 0.2) is 29.3 Å². The van der Waals surface area contributed by atoms with Crippen LogP contribution in [0.5, 0.6) is 0 Å². The average molecular weight is 348 g/mol. The molecule has 1 aliphatic rings. The van der Waals surface area contributed by atoms with Crippen molar-refractivity contribution in [2.75, 3.05) is 53.1 Å². The summed E-state index contributed by atoms with van der Waals surface area (Å²) in [6.45, 7) is 10.2. The Kier molecular flexibility index (Phi) is 8.77. The minimum Gasteiger partial charge on any atom is -0.382 e. The minimum atomic E-state index is 0.581. The molecule has 1 fully saturated rings. The first-order valence-corrected chi connectivity index (χ1v) is 9.38. The molecule has 0 bridgehead atoms. The third-order valence-corrected chi connectivity index (χ3v) is 4.45. The topological polar surface area (TPSA) is 46.1 Å². The van der Waals surface area contributed by atoms with Crippen LogP contribution in [0.4, 0.5) is 0 Å². The zero-order chi connectivity index (χ0) is 17.9. The second-order valence-corrected chi connectivity index (χ2v) is 6.64. The summed E-state index contributed by atoms with van der Waals surface area (Å²) in [6, 6.07) is 8.68. The number of methoxy groups -OCH3 is 1.